The number of rotatable bonds is 0. The maximum Gasteiger partial charge on any atom is 0.124 e. The zero-order valence-electron chi connectivity index (χ0n) is 4.52. The van der Waals surface area contributed by atoms with Crippen LogP contribution in [0.5, 0.6) is 0 Å². The molecule has 1 saturated heterocycles. The van der Waals surface area contributed by atoms with E-state index < -0.39 is 0 Å². The van der Waals surface area contributed by atoms with Crippen LogP contribution in [0, 0.1) is 0 Å². The summed E-state index contributed by atoms with van der Waals surface area (Å²) in [5, 5.41) is 0. The van der Waals surface area contributed by atoms with Gasteiger partial charge in [-0.2, -0.15) is 0 Å². The molecule has 1 fully saturated rings. The van der Waals surface area contributed by atoms with Gasteiger partial charge in [0.25, 0.3) is 0 Å². The molecule has 1 aliphatic heterocycles. The summed E-state index contributed by atoms with van der Waals surface area (Å²) >= 11 is 2.39. The Morgan fingerprint density at radius 2 is 2.43 bits per heavy atom. The topological polar surface area (TPSA) is 3.24 Å². The fourth-order valence-electron chi connectivity index (χ4n) is 0.898. The van der Waals surface area contributed by atoms with Crippen LogP contribution in [-0.2, 0) is 0 Å². The number of hydrogen-bond donors (Lipinski definition) is 0. The van der Waals surface area contributed by atoms with Gasteiger partial charge in [0.05, 0.1) is 0 Å². The van der Waals surface area contributed by atoms with Crippen LogP contribution in [0.25, 0.3) is 0 Å². The van der Waals surface area contributed by atoms with E-state index in [-0.39, 0.29) is 0 Å². The van der Waals surface area contributed by atoms with Gasteiger partial charge in [-0.25, -0.2) is 0 Å². The number of hydrogen-bond acceptors (Lipinski definition) is 1. The molecule has 0 N–H and O–H groups in total. The lowest BCUT2D eigenvalue weighted by molar-refractivity contribution is 0.590. The van der Waals surface area contributed by atoms with Crippen molar-refractivity contribution < 1.29 is 0 Å². The summed E-state index contributed by atoms with van der Waals surface area (Å²) in [5.74, 6) is 0.834. The largest absolute Gasteiger partial charge is 0.253 e. The molecule has 0 aromatic heterocycles. The molecule has 1 aliphatic rings. The molecule has 1 heterocycles. The molecule has 1 unspecified atom stereocenters. The van der Waals surface area contributed by atoms with Crippen LogP contribution in [0.1, 0.15) is 12.8 Å². The summed E-state index contributed by atoms with van der Waals surface area (Å²) in [6.45, 7) is 1.29. The van der Waals surface area contributed by atoms with E-state index in [0.717, 1.165) is 5.94 Å². The van der Waals surface area contributed by atoms with Crippen molar-refractivity contribution in [3.05, 3.63) is 0 Å². The van der Waals surface area contributed by atoms with E-state index in [4.69, 9.17) is 0 Å². The third-order valence-electron chi connectivity index (χ3n) is 1.47. The average molecular weight is 209 g/mol. The highest BCUT2D eigenvalue weighted by Gasteiger charge is 2.15. The van der Waals surface area contributed by atoms with E-state index in [1.165, 1.54) is 19.4 Å². The zero-order valence-corrected chi connectivity index (χ0v) is 6.68. The lowest BCUT2D eigenvalue weighted by Crippen LogP contribution is -2.17. The number of halogens is 1. The van der Waals surface area contributed by atoms with Crippen molar-refractivity contribution >= 4 is 30.7 Å². The Morgan fingerprint density at radius 3 is 2.57 bits per heavy atom. The van der Waals surface area contributed by atoms with Gasteiger partial charge in [0, 0.05) is 29.4 Å². The van der Waals surface area contributed by atoms with Crippen LogP contribution < -0.4 is 0 Å². The molecular weight excluding hydrogens is 200 g/mol. The van der Waals surface area contributed by atoms with Crippen molar-refractivity contribution in [2.24, 2.45) is 0 Å². The second kappa shape index (κ2) is 2.35. The first-order valence-electron chi connectivity index (χ1n) is 2.73. The van der Waals surface area contributed by atoms with Gasteiger partial charge in [-0.1, -0.05) is 0 Å². The summed E-state index contributed by atoms with van der Waals surface area (Å²) in [6, 6.07) is 0. The van der Waals surface area contributed by atoms with Gasteiger partial charge in [0.15, 0.2) is 0 Å². The lowest BCUT2D eigenvalue weighted by atomic mass is 9.96. The summed E-state index contributed by atoms with van der Waals surface area (Å²) in [5.41, 5.74) is 0. The van der Waals surface area contributed by atoms with Crippen molar-refractivity contribution in [1.82, 2.24) is 3.11 Å². The lowest BCUT2D eigenvalue weighted by Gasteiger charge is -2.09. The van der Waals surface area contributed by atoms with E-state index in [9.17, 15) is 0 Å². The SMILES string of the molecule is BC1CCCN1I. The normalized spacial score (nSPS) is 34.1. The molecule has 0 spiro atoms. The van der Waals surface area contributed by atoms with E-state index >= 15 is 0 Å². The molecular formula is C4H9BIN. The molecule has 1 rings (SSSR count). The highest BCUT2D eigenvalue weighted by molar-refractivity contribution is 14.1. The first-order chi connectivity index (χ1) is 3.30. The fraction of sp³-hybridized carbons (Fsp3) is 1.00. The van der Waals surface area contributed by atoms with E-state index in [1.807, 2.05) is 0 Å². The van der Waals surface area contributed by atoms with E-state index in [1.54, 1.807) is 0 Å². The third-order valence-corrected chi connectivity index (χ3v) is 2.91. The van der Waals surface area contributed by atoms with Gasteiger partial charge in [-0.15, -0.1) is 0 Å². The fourth-order valence-corrected chi connectivity index (χ4v) is 1.52. The average Bonchev–Trinajstić information content (AvgIpc) is 1.91. The maximum absolute atomic E-state index is 2.39. The quantitative estimate of drug-likeness (QED) is 0.317. The van der Waals surface area contributed by atoms with Crippen LogP contribution in [0.3, 0.4) is 0 Å². The van der Waals surface area contributed by atoms with Crippen molar-refractivity contribution in [3.63, 3.8) is 0 Å². The minimum atomic E-state index is 0.834. The van der Waals surface area contributed by atoms with Crippen LogP contribution >= 0.6 is 22.9 Å². The van der Waals surface area contributed by atoms with Gasteiger partial charge in [-0.05, 0) is 18.8 Å². The van der Waals surface area contributed by atoms with Gasteiger partial charge < -0.3 is 0 Å². The summed E-state index contributed by atoms with van der Waals surface area (Å²) in [7, 11) is 2.28. The van der Waals surface area contributed by atoms with Gasteiger partial charge in [0.2, 0.25) is 0 Å². The highest BCUT2D eigenvalue weighted by Crippen LogP contribution is 2.17. The highest BCUT2D eigenvalue weighted by atomic mass is 127. The predicted octanol–water partition coefficient (Wildman–Crippen LogP) is 0.391. The Balaban J connectivity index is 2.33. The molecule has 7 heavy (non-hydrogen) atoms. The van der Waals surface area contributed by atoms with Crippen LogP contribution in [0.15, 0.2) is 0 Å². The second-order valence-corrected chi connectivity index (χ2v) is 3.35. The molecule has 0 radical (unpaired) electrons. The molecule has 40 valence electrons. The molecule has 1 atom stereocenters. The van der Waals surface area contributed by atoms with Crippen LogP contribution in [0.2, 0.25) is 0 Å². The molecule has 1 nitrogen and oxygen atoms in total. The molecule has 0 bridgehead atoms. The monoisotopic (exact) mass is 209 g/mol. The first kappa shape index (κ1) is 5.88. The molecule has 0 aromatic carbocycles. The molecule has 3 heteroatoms. The molecule has 0 aromatic rings. The van der Waals surface area contributed by atoms with Crippen molar-refractivity contribution in [3.8, 4) is 0 Å². The van der Waals surface area contributed by atoms with Gasteiger partial charge >= 0.3 is 0 Å². The van der Waals surface area contributed by atoms with Crippen LogP contribution in [0.4, 0.5) is 0 Å². The Bertz CT molecular complexity index is 60.7. The Hall–Kier alpha value is 0.755. The smallest absolute Gasteiger partial charge is 0.124 e. The Labute approximate surface area is 59.4 Å². The predicted molar refractivity (Wildman–Crippen MR) is 42.3 cm³/mol. The zero-order chi connectivity index (χ0) is 5.28. The summed E-state index contributed by atoms with van der Waals surface area (Å²) in [6.07, 6.45) is 2.78. The molecule has 0 saturated carbocycles. The summed E-state index contributed by atoms with van der Waals surface area (Å²) < 4.78 is 2.37. The van der Waals surface area contributed by atoms with Crippen LogP contribution in [-0.4, -0.2) is 23.4 Å². The van der Waals surface area contributed by atoms with Crippen molar-refractivity contribution in [1.29, 1.82) is 0 Å². The minimum Gasteiger partial charge on any atom is -0.253 e. The molecule has 0 amide bonds. The van der Waals surface area contributed by atoms with E-state index in [0.29, 0.717) is 0 Å². The third kappa shape index (κ3) is 1.32. The van der Waals surface area contributed by atoms with Crippen molar-refractivity contribution in [2.75, 3.05) is 6.54 Å². The van der Waals surface area contributed by atoms with Gasteiger partial charge in [-0.3, -0.25) is 3.11 Å². The van der Waals surface area contributed by atoms with Gasteiger partial charge in [0.1, 0.15) is 7.85 Å². The second-order valence-electron chi connectivity index (χ2n) is 2.11. The Morgan fingerprint density at radius 1 is 1.71 bits per heavy atom. The number of nitrogens with zero attached hydrogens (tertiary/aromatic N) is 1. The first-order valence-corrected chi connectivity index (χ1v) is 3.69. The maximum atomic E-state index is 2.39. The standard InChI is InChI=1S/C4H9BIN/c5-4-2-1-3-7(4)6/h4H,1-3,5H2. The summed E-state index contributed by atoms with van der Waals surface area (Å²) in [4.78, 5) is 0. The Kier molecular flexibility index (Phi) is 1.98. The molecule has 0 aliphatic carbocycles. The minimum absolute atomic E-state index is 0.834. The van der Waals surface area contributed by atoms with E-state index in [2.05, 4.69) is 33.8 Å². The van der Waals surface area contributed by atoms with Crippen molar-refractivity contribution in [2.45, 2.75) is 18.8 Å².